The molecule has 0 fully saturated rings. The summed E-state index contributed by atoms with van der Waals surface area (Å²) in [7, 11) is 1.15. The predicted octanol–water partition coefficient (Wildman–Crippen LogP) is -0.240. The Labute approximate surface area is 96.8 Å². The zero-order valence-corrected chi connectivity index (χ0v) is 9.13. The zero-order valence-electron chi connectivity index (χ0n) is 9.13. The van der Waals surface area contributed by atoms with Gasteiger partial charge in [0.05, 0.1) is 25.8 Å². The summed E-state index contributed by atoms with van der Waals surface area (Å²) in [6.07, 6.45) is -2.48. The number of aromatic nitrogens is 1. The first kappa shape index (κ1) is 13.3. The molecule has 94 valence electrons. The Morgan fingerprint density at radius 3 is 2.88 bits per heavy atom. The Balaban J connectivity index is 2.84. The summed E-state index contributed by atoms with van der Waals surface area (Å²) >= 11 is 0. The second kappa shape index (κ2) is 5.55. The van der Waals surface area contributed by atoms with E-state index in [1.807, 2.05) is 0 Å². The zero-order chi connectivity index (χ0) is 13.0. The number of aliphatic hydroxyl groups is 2. The second-order valence-corrected chi connectivity index (χ2v) is 3.42. The molecule has 6 nitrogen and oxygen atoms in total. The highest BCUT2D eigenvalue weighted by Gasteiger charge is 2.24. The molecule has 0 spiro atoms. The van der Waals surface area contributed by atoms with Crippen molar-refractivity contribution >= 4 is 11.8 Å². The van der Waals surface area contributed by atoms with Crippen LogP contribution in [-0.4, -0.2) is 34.4 Å². The molecule has 2 atom stereocenters. The second-order valence-electron chi connectivity index (χ2n) is 3.42. The number of carbonyl (C=O) groups excluding carboxylic acids is 1. The van der Waals surface area contributed by atoms with Gasteiger partial charge >= 0.3 is 5.97 Å². The highest BCUT2D eigenvalue weighted by Crippen LogP contribution is 2.23. The average Bonchev–Trinajstić information content (AvgIpc) is 2.31. The van der Waals surface area contributed by atoms with Crippen molar-refractivity contribution in [2.24, 2.45) is 0 Å². The van der Waals surface area contributed by atoms with Crippen LogP contribution in [0.3, 0.4) is 0 Å². The SMILES string of the molecule is COC(=O)CC(O)C(O)c1cc(F)cnc1N. The van der Waals surface area contributed by atoms with E-state index in [-0.39, 0.29) is 11.4 Å². The lowest BCUT2D eigenvalue weighted by molar-refractivity contribution is -0.144. The van der Waals surface area contributed by atoms with E-state index in [1.54, 1.807) is 0 Å². The molecular weight excluding hydrogens is 231 g/mol. The van der Waals surface area contributed by atoms with Crippen LogP contribution in [0.2, 0.25) is 0 Å². The lowest BCUT2D eigenvalue weighted by Crippen LogP contribution is -2.23. The molecule has 4 N–H and O–H groups in total. The molecule has 0 bridgehead atoms. The van der Waals surface area contributed by atoms with Crippen molar-refractivity contribution in [1.29, 1.82) is 0 Å². The summed E-state index contributed by atoms with van der Waals surface area (Å²) in [6.45, 7) is 0. The highest BCUT2D eigenvalue weighted by molar-refractivity contribution is 5.69. The topological polar surface area (TPSA) is 106 Å². The molecule has 17 heavy (non-hydrogen) atoms. The average molecular weight is 244 g/mol. The Kier molecular flexibility index (Phi) is 4.36. The number of hydrogen-bond donors (Lipinski definition) is 3. The van der Waals surface area contributed by atoms with Crippen molar-refractivity contribution in [3.05, 3.63) is 23.6 Å². The number of carbonyl (C=O) groups is 1. The molecular formula is C10H13FN2O4. The normalized spacial score (nSPS) is 14.1. The van der Waals surface area contributed by atoms with Gasteiger partial charge in [0, 0.05) is 5.56 Å². The van der Waals surface area contributed by atoms with Crippen LogP contribution in [0, 0.1) is 5.82 Å². The molecule has 0 saturated carbocycles. The third kappa shape index (κ3) is 3.36. The number of pyridine rings is 1. The van der Waals surface area contributed by atoms with Crippen molar-refractivity contribution in [2.45, 2.75) is 18.6 Å². The summed E-state index contributed by atoms with van der Waals surface area (Å²) in [5.41, 5.74) is 5.36. The highest BCUT2D eigenvalue weighted by atomic mass is 19.1. The third-order valence-electron chi connectivity index (χ3n) is 2.20. The summed E-state index contributed by atoms with van der Waals surface area (Å²) in [5.74, 6) is -1.50. The van der Waals surface area contributed by atoms with Gasteiger partial charge in [0.1, 0.15) is 17.7 Å². The van der Waals surface area contributed by atoms with E-state index < -0.39 is 30.4 Å². The van der Waals surface area contributed by atoms with Crippen molar-refractivity contribution in [3.63, 3.8) is 0 Å². The quantitative estimate of drug-likeness (QED) is 0.631. The fourth-order valence-electron chi connectivity index (χ4n) is 1.28. The molecule has 0 aliphatic heterocycles. The molecule has 0 aromatic carbocycles. The molecule has 0 saturated heterocycles. The number of nitrogen functional groups attached to an aromatic ring is 1. The number of anilines is 1. The maximum atomic E-state index is 12.9. The van der Waals surface area contributed by atoms with Gasteiger partial charge in [0.25, 0.3) is 0 Å². The summed E-state index contributed by atoms with van der Waals surface area (Å²) in [4.78, 5) is 14.4. The molecule has 1 heterocycles. The molecule has 0 radical (unpaired) electrons. The van der Waals surface area contributed by atoms with E-state index in [9.17, 15) is 19.4 Å². The van der Waals surface area contributed by atoms with Gasteiger partial charge in [-0.2, -0.15) is 0 Å². The number of aliphatic hydroxyl groups excluding tert-OH is 2. The maximum absolute atomic E-state index is 12.9. The van der Waals surface area contributed by atoms with Gasteiger partial charge in [-0.05, 0) is 6.07 Å². The number of hydrogen-bond acceptors (Lipinski definition) is 6. The molecule has 1 aromatic heterocycles. The van der Waals surface area contributed by atoms with Gasteiger partial charge in [-0.1, -0.05) is 0 Å². The van der Waals surface area contributed by atoms with Crippen LogP contribution >= 0.6 is 0 Å². The number of methoxy groups -OCH3 is 1. The fraction of sp³-hybridized carbons (Fsp3) is 0.400. The molecule has 2 unspecified atom stereocenters. The van der Waals surface area contributed by atoms with Crippen LogP contribution in [0.15, 0.2) is 12.3 Å². The largest absolute Gasteiger partial charge is 0.469 e. The Hall–Kier alpha value is -1.73. The Bertz CT molecular complexity index is 413. The van der Waals surface area contributed by atoms with Gasteiger partial charge in [-0.25, -0.2) is 9.37 Å². The van der Waals surface area contributed by atoms with Crippen LogP contribution in [-0.2, 0) is 9.53 Å². The van der Waals surface area contributed by atoms with E-state index in [1.165, 1.54) is 0 Å². The van der Waals surface area contributed by atoms with E-state index in [2.05, 4.69) is 9.72 Å². The monoisotopic (exact) mass is 244 g/mol. The first-order valence-electron chi connectivity index (χ1n) is 4.79. The molecule has 0 aliphatic rings. The minimum absolute atomic E-state index is 0.0681. The summed E-state index contributed by atoms with van der Waals surface area (Å²) in [5, 5.41) is 19.2. The molecule has 0 amide bonds. The molecule has 1 rings (SSSR count). The van der Waals surface area contributed by atoms with Gasteiger partial charge in [-0.3, -0.25) is 4.79 Å². The standard InChI is InChI=1S/C10H13FN2O4/c1-17-8(15)3-7(14)9(16)6-2-5(11)4-13-10(6)12/h2,4,7,9,14,16H,3H2,1H3,(H2,12,13). The van der Waals surface area contributed by atoms with Crippen LogP contribution in [0.5, 0.6) is 0 Å². The fourth-order valence-corrected chi connectivity index (χ4v) is 1.28. The lowest BCUT2D eigenvalue weighted by atomic mass is 10.0. The van der Waals surface area contributed by atoms with Gasteiger partial charge in [0.2, 0.25) is 0 Å². The molecule has 7 heteroatoms. The van der Waals surface area contributed by atoms with E-state index in [4.69, 9.17) is 5.73 Å². The van der Waals surface area contributed by atoms with Gasteiger partial charge < -0.3 is 20.7 Å². The van der Waals surface area contributed by atoms with Gasteiger partial charge in [-0.15, -0.1) is 0 Å². The van der Waals surface area contributed by atoms with Crippen molar-refractivity contribution < 1.29 is 24.1 Å². The van der Waals surface area contributed by atoms with Crippen molar-refractivity contribution in [3.8, 4) is 0 Å². The number of nitrogens with two attached hydrogens (primary N) is 1. The first-order chi connectivity index (χ1) is 7.95. The van der Waals surface area contributed by atoms with E-state index in [0.717, 1.165) is 19.4 Å². The maximum Gasteiger partial charge on any atom is 0.308 e. The lowest BCUT2D eigenvalue weighted by Gasteiger charge is -2.18. The number of ether oxygens (including phenoxy) is 1. The van der Waals surface area contributed by atoms with Crippen molar-refractivity contribution in [1.82, 2.24) is 4.98 Å². The van der Waals surface area contributed by atoms with Crippen molar-refractivity contribution in [2.75, 3.05) is 12.8 Å². The van der Waals surface area contributed by atoms with E-state index in [0.29, 0.717) is 0 Å². The Morgan fingerprint density at radius 1 is 1.65 bits per heavy atom. The van der Waals surface area contributed by atoms with Gasteiger partial charge in [0.15, 0.2) is 0 Å². The molecule has 1 aromatic rings. The number of esters is 1. The third-order valence-corrected chi connectivity index (χ3v) is 2.20. The predicted molar refractivity (Wildman–Crippen MR) is 56.2 cm³/mol. The van der Waals surface area contributed by atoms with Crippen LogP contribution in [0.1, 0.15) is 18.1 Å². The summed E-state index contributed by atoms with van der Waals surface area (Å²) in [6, 6.07) is 0.952. The number of halogens is 1. The first-order valence-corrected chi connectivity index (χ1v) is 4.79. The summed E-state index contributed by atoms with van der Waals surface area (Å²) < 4.78 is 17.2. The van der Waals surface area contributed by atoms with Crippen LogP contribution in [0.25, 0.3) is 0 Å². The number of nitrogens with zero attached hydrogens (tertiary/aromatic N) is 1. The molecule has 0 aliphatic carbocycles. The minimum atomic E-state index is -1.50. The minimum Gasteiger partial charge on any atom is -0.469 e. The Morgan fingerprint density at radius 2 is 2.29 bits per heavy atom. The van der Waals surface area contributed by atoms with E-state index >= 15 is 0 Å². The van der Waals surface area contributed by atoms with Crippen LogP contribution < -0.4 is 5.73 Å². The smallest absolute Gasteiger partial charge is 0.308 e. The van der Waals surface area contributed by atoms with Crippen LogP contribution in [0.4, 0.5) is 10.2 Å². The number of rotatable bonds is 4.